The van der Waals surface area contributed by atoms with E-state index in [9.17, 15) is 4.79 Å². The van der Waals surface area contributed by atoms with Crippen molar-refractivity contribution in [2.75, 3.05) is 6.61 Å². The number of carbonyl (C=O) groups excluding carboxylic acids is 1. The molecule has 1 atom stereocenters. The molecule has 0 heterocycles. The summed E-state index contributed by atoms with van der Waals surface area (Å²) in [7, 11) is 0. The number of hydrogen-bond donors (Lipinski definition) is 0. The van der Waals surface area contributed by atoms with E-state index in [2.05, 4.69) is 50.0 Å². The standard InChI is InChI=1S/C27H37NO2/c1-4-6-7-8-9-10-11-23-12-14-24(15-13-23)20-28-26-18-16-25(17-19-26)27(29)30-21-22(3)5-2/h12-20,22H,4-11,21H2,1-3H3. The molecule has 0 aliphatic carbocycles. The van der Waals surface area contributed by atoms with E-state index in [0.29, 0.717) is 18.1 Å². The highest BCUT2D eigenvalue weighted by molar-refractivity contribution is 5.90. The second-order valence-corrected chi connectivity index (χ2v) is 8.18. The maximum absolute atomic E-state index is 12.1. The number of hydrogen-bond acceptors (Lipinski definition) is 3. The normalized spacial score (nSPS) is 12.2. The third-order valence-electron chi connectivity index (χ3n) is 5.46. The van der Waals surface area contributed by atoms with E-state index >= 15 is 0 Å². The number of esters is 1. The first-order valence-corrected chi connectivity index (χ1v) is 11.5. The third-order valence-corrected chi connectivity index (χ3v) is 5.46. The number of unbranched alkanes of at least 4 members (excludes halogenated alkanes) is 5. The number of ether oxygens (including phenoxy) is 1. The lowest BCUT2D eigenvalue weighted by Crippen LogP contribution is -2.11. The maximum atomic E-state index is 12.1. The van der Waals surface area contributed by atoms with Crippen molar-refractivity contribution in [1.82, 2.24) is 0 Å². The lowest BCUT2D eigenvalue weighted by Gasteiger charge is -2.09. The SMILES string of the molecule is CCCCCCCCc1ccc(C=Nc2ccc(C(=O)OCC(C)CC)cc2)cc1. The lowest BCUT2D eigenvalue weighted by molar-refractivity contribution is 0.0447. The van der Waals surface area contributed by atoms with Crippen LogP contribution in [0.4, 0.5) is 5.69 Å². The summed E-state index contributed by atoms with van der Waals surface area (Å²) >= 11 is 0. The Kier molecular flexibility index (Phi) is 10.9. The summed E-state index contributed by atoms with van der Waals surface area (Å²) in [6.45, 7) is 6.89. The second-order valence-electron chi connectivity index (χ2n) is 8.18. The highest BCUT2D eigenvalue weighted by Crippen LogP contribution is 2.15. The maximum Gasteiger partial charge on any atom is 0.338 e. The summed E-state index contributed by atoms with van der Waals surface area (Å²) in [5.41, 5.74) is 3.86. The number of rotatable bonds is 13. The number of carbonyl (C=O) groups is 1. The number of nitrogens with zero attached hydrogens (tertiary/aromatic N) is 1. The average Bonchev–Trinajstić information content (AvgIpc) is 2.79. The fourth-order valence-corrected chi connectivity index (χ4v) is 3.13. The van der Waals surface area contributed by atoms with Crippen LogP contribution in [0.15, 0.2) is 53.5 Å². The highest BCUT2D eigenvalue weighted by Gasteiger charge is 2.08. The van der Waals surface area contributed by atoms with Crippen LogP contribution in [-0.2, 0) is 11.2 Å². The van der Waals surface area contributed by atoms with Crippen LogP contribution >= 0.6 is 0 Å². The zero-order valence-corrected chi connectivity index (χ0v) is 18.9. The van der Waals surface area contributed by atoms with E-state index < -0.39 is 0 Å². The molecular weight excluding hydrogens is 370 g/mol. The van der Waals surface area contributed by atoms with Gasteiger partial charge in [-0.2, -0.15) is 0 Å². The average molecular weight is 408 g/mol. The minimum atomic E-state index is -0.271. The summed E-state index contributed by atoms with van der Waals surface area (Å²) in [5, 5.41) is 0. The Hall–Kier alpha value is -2.42. The number of aryl methyl sites for hydroxylation is 1. The molecule has 2 aromatic carbocycles. The molecule has 2 rings (SSSR count). The smallest absolute Gasteiger partial charge is 0.338 e. The molecule has 0 radical (unpaired) electrons. The van der Waals surface area contributed by atoms with Crippen molar-refractivity contribution in [1.29, 1.82) is 0 Å². The van der Waals surface area contributed by atoms with Gasteiger partial charge in [0.05, 0.1) is 17.9 Å². The van der Waals surface area contributed by atoms with Crippen LogP contribution in [0.5, 0.6) is 0 Å². The summed E-state index contributed by atoms with van der Waals surface area (Å²) in [4.78, 5) is 16.6. The van der Waals surface area contributed by atoms with Gasteiger partial charge in [-0.3, -0.25) is 4.99 Å². The van der Waals surface area contributed by atoms with Gasteiger partial charge in [0.2, 0.25) is 0 Å². The van der Waals surface area contributed by atoms with E-state index in [0.717, 1.165) is 24.1 Å². The Bertz CT molecular complexity index is 762. The summed E-state index contributed by atoms with van der Waals surface area (Å²) in [6.07, 6.45) is 12.0. The van der Waals surface area contributed by atoms with Crippen LogP contribution in [0.3, 0.4) is 0 Å². The van der Waals surface area contributed by atoms with Gasteiger partial charge >= 0.3 is 5.97 Å². The third kappa shape index (κ3) is 8.94. The molecule has 0 spiro atoms. The van der Waals surface area contributed by atoms with E-state index in [1.807, 2.05) is 18.3 Å². The number of benzene rings is 2. The summed E-state index contributed by atoms with van der Waals surface area (Å²) in [5.74, 6) is 0.113. The molecule has 0 N–H and O–H groups in total. The van der Waals surface area contributed by atoms with E-state index in [1.54, 1.807) is 12.1 Å². The fourth-order valence-electron chi connectivity index (χ4n) is 3.13. The molecule has 0 saturated heterocycles. The molecule has 30 heavy (non-hydrogen) atoms. The molecule has 0 aliphatic heterocycles. The summed E-state index contributed by atoms with van der Waals surface area (Å²) in [6, 6.07) is 15.9. The molecule has 0 aromatic heterocycles. The molecule has 0 aliphatic rings. The Morgan fingerprint density at radius 1 is 0.933 bits per heavy atom. The Balaban J connectivity index is 1.79. The minimum absolute atomic E-state index is 0.271. The predicted octanol–water partition coefficient (Wildman–Crippen LogP) is 7.54. The summed E-state index contributed by atoms with van der Waals surface area (Å²) < 4.78 is 5.34. The predicted molar refractivity (Wildman–Crippen MR) is 127 cm³/mol. The van der Waals surface area contributed by atoms with Gasteiger partial charge in [0.25, 0.3) is 0 Å². The fraction of sp³-hybridized carbons (Fsp3) is 0.481. The van der Waals surface area contributed by atoms with Crippen LogP contribution in [-0.4, -0.2) is 18.8 Å². The van der Waals surface area contributed by atoms with Crippen molar-refractivity contribution in [3.05, 3.63) is 65.2 Å². The van der Waals surface area contributed by atoms with Gasteiger partial charge in [0.15, 0.2) is 0 Å². The van der Waals surface area contributed by atoms with E-state index in [4.69, 9.17) is 4.74 Å². The van der Waals surface area contributed by atoms with Crippen LogP contribution < -0.4 is 0 Å². The quantitative estimate of drug-likeness (QED) is 0.195. The topological polar surface area (TPSA) is 38.7 Å². The molecule has 3 nitrogen and oxygen atoms in total. The lowest BCUT2D eigenvalue weighted by atomic mass is 10.0. The molecule has 0 fully saturated rings. The van der Waals surface area contributed by atoms with Crippen molar-refractivity contribution in [3.63, 3.8) is 0 Å². The van der Waals surface area contributed by atoms with Crippen LogP contribution in [0.1, 0.15) is 87.2 Å². The molecule has 2 aromatic rings. The van der Waals surface area contributed by atoms with Crippen molar-refractivity contribution < 1.29 is 9.53 Å². The van der Waals surface area contributed by atoms with Crippen molar-refractivity contribution in [2.45, 2.75) is 72.1 Å². The highest BCUT2D eigenvalue weighted by atomic mass is 16.5. The van der Waals surface area contributed by atoms with Crippen LogP contribution in [0.2, 0.25) is 0 Å². The van der Waals surface area contributed by atoms with Gasteiger partial charge in [0, 0.05) is 6.21 Å². The molecule has 1 unspecified atom stereocenters. The molecule has 0 amide bonds. The van der Waals surface area contributed by atoms with E-state index in [1.165, 1.54) is 44.1 Å². The Labute approximate surface area is 182 Å². The zero-order valence-electron chi connectivity index (χ0n) is 18.9. The largest absolute Gasteiger partial charge is 0.462 e. The van der Waals surface area contributed by atoms with Gasteiger partial charge in [0.1, 0.15) is 0 Å². The Morgan fingerprint density at radius 2 is 1.60 bits per heavy atom. The molecule has 0 bridgehead atoms. The van der Waals surface area contributed by atoms with Crippen molar-refractivity contribution in [2.24, 2.45) is 10.9 Å². The van der Waals surface area contributed by atoms with Gasteiger partial charge in [-0.15, -0.1) is 0 Å². The zero-order chi connectivity index (χ0) is 21.6. The first kappa shape index (κ1) is 23.9. The molecule has 0 saturated carbocycles. The van der Waals surface area contributed by atoms with Crippen molar-refractivity contribution in [3.8, 4) is 0 Å². The molecule has 162 valence electrons. The van der Waals surface area contributed by atoms with Crippen LogP contribution in [0, 0.1) is 5.92 Å². The van der Waals surface area contributed by atoms with Gasteiger partial charge in [-0.25, -0.2) is 4.79 Å². The molecule has 3 heteroatoms. The Morgan fingerprint density at radius 3 is 2.27 bits per heavy atom. The first-order valence-electron chi connectivity index (χ1n) is 11.5. The van der Waals surface area contributed by atoms with Gasteiger partial charge in [-0.1, -0.05) is 83.6 Å². The van der Waals surface area contributed by atoms with Gasteiger partial charge < -0.3 is 4.74 Å². The second kappa shape index (κ2) is 13.7. The monoisotopic (exact) mass is 407 g/mol. The number of aliphatic imine (C=N–C) groups is 1. The van der Waals surface area contributed by atoms with Crippen LogP contribution in [0.25, 0.3) is 0 Å². The minimum Gasteiger partial charge on any atom is -0.462 e. The molecular formula is C27H37NO2. The van der Waals surface area contributed by atoms with E-state index in [-0.39, 0.29) is 5.97 Å². The van der Waals surface area contributed by atoms with Gasteiger partial charge in [-0.05, 0) is 54.2 Å². The van der Waals surface area contributed by atoms with Crippen molar-refractivity contribution >= 4 is 17.9 Å². The first-order chi connectivity index (χ1) is 14.6.